The van der Waals surface area contributed by atoms with Crippen LogP contribution in [0.3, 0.4) is 0 Å². The Hall–Kier alpha value is -4.95. The van der Waals surface area contributed by atoms with E-state index in [-0.39, 0.29) is 23.8 Å². The quantitative estimate of drug-likeness (QED) is 0.198. The van der Waals surface area contributed by atoms with Gasteiger partial charge in [0.1, 0.15) is 18.0 Å². The van der Waals surface area contributed by atoms with Crippen molar-refractivity contribution < 1.29 is 18.3 Å². The van der Waals surface area contributed by atoms with E-state index in [0.29, 0.717) is 44.3 Å². The highest BCUT2D eigenvalue weighted by atomic mass is 35.5. The van der Waals surface area contributed by atoms with Gasteiger partial charge in [0.2, 0.25) is 5.82 Å². The maximum atomic E-state index is 13.6. The monoisotopic (exact) mass is 553 g/mol. The van der Waals surface area contributed by atoms with Gasteiger partial charge in [-0.15, -0.1) is 0 Å². The number of halogens is 2. The van der Waals surface area contributed by atoms with Crippen LogP contribution in [-0.4, -0.2) is 23.0 Å². The minimum Gasteiger partial charge on any atom is -0.493 e. The summed E-state index contributed by atoms with van der Waals surface area (Å²) in [5, 5.41) is 6.27. The molecule has 0 radical (unpaired) electrons. The number of hydrogen-bond donors (Lipinski definition) is 0. The highest BCUT2D eigenvalue weighted by Crippen LogP contribution is 2.32. The Morgan fingerprint density at radius 3 is 2.67 bits per heavy atom. The summed E-state index contributed by atoms with van der Waals surface area (Å²) < 4.78 is 32.1. The molecular weight excluding hydrogens is 533 g/mol. The van der Waals surface area contributed by atoms with Crippen molar-refractivity contribution in [3.05, 3.63) is 123 Å². The van der Waals surface area contributed by atoms with Gasteiger partial charge >= 0.3 is 0 Å². The van der Waals surface area contributed by atoms with E-state index in [1.165, 1.54) is 30.1 Å². The second-order valence-corrected chi connectivity index (χ2v) is 9.34. The van der Waals surface area contributed by atoms with Gasteiger partial charge in [-0.25, -0.2) is 9.37 Å². The fraction of sp³-hybridized carbons (Fsp3) is 0.0645. The van der Waals surface area contributed by atoms with Crippen LogP contribution in [-0.2, 0) is 6.61 Å². The summed E-state index contributed by atoms with van der Waals surface area (Å²) in [5.74, 6) is 1.15. The summed E-state index contributed by atoms with van der Waals surface area (Å²) in [6, 6.07) is 25.4. The number of hydrogen-bond acceptors (Lipinski definition) is 6. The lowest BCUT2D eigenvalue weighted by Gasteiger charge is -2.13. The molecule has 0 unspecified atom stereocenters. The molecule has 40 heavy (non-hydrogen) atoms. The third kappa shape index (κ3) is 4.92. The summed E-state index contributed by atoms with van der Waals surface area (Å²) in [6.07, 6.45) is 1.50. The predicted molar refractivity (Wildman–Crippen MR) is 153 cm³/mol. The topological polar surface area (TPSA) is 78.9 Å². The Kier molecular flexibility index (Phi) is 6.76. The summed E-state index contributed by atoms with van der Waals surface area (Å²) in [7, 11) is 1.53. The third-order valence-corrected chi connectivity index (χ3v) is 6.53. The van der Waals surface area contributed by atoms with Crippen LogP contribution in [0, 0.1) is 5.82 Å². The van der Waals surface area contributed by atoms with E-state index in [2.05, 4.69) is 5.10 Å². The van der Waals surface area contributed by atoms with Crippen molar-refractivity contribution in [1.29, 1.82) is 0 Å². The smallest absolute Gasteiger partial charge is 0.282 e. The van der Waals surface area contributed by atoms with Crippen LogP contribution in [0.25, 0.3) is 33.5 Å². The van der Waals surface area contributed by atoms with Crippen LogP contribution in [0.15, 0.2) is 105 Å². The van der Waals surface area contributed by atoms with Gasteiger partial charge in [0, 0.05) is 16.0 Å². The number of para-hydroxylation sites is 2. The first-order valence-electron chi connectivity index (χ1n) is 12.3. The number of benzene rings is 4. The molecule has 0 aliphatic heterocycles. The Balaban J connectivity index is 1.45. The Morgan fingerprint density at radius 2 is 1.85 bits per heavy atom. The largest absolute Gasteiger partial charge is 0.493 e. The van der Waals surface area contributed by atoms with Crippen LogP contribution >= 0.6 is 11.6 Å². The van der Waals surface area contributed by atoms with Gasteiger partial charge in [-0.05, 0) is 66.2 Å². The van der Waals surface area contributed by atoms with Crippen LogP contribution in [0.4, 0.5) is 4.39 Å². The molecule has 0 bridgehead atoms. The standard InChI is InChI=1S/C31H21ClFN3O4/c1-38-27-8-4-5-20(29(27)39-18-19-9-12-23(33)13-10-19)17-34-36-30(35-25-7-3-2-6-24(25)31(36)37)28-16-21-15-22(32)11-14-26(21)40-28/h2-17H,18H2,1H3. The van der Waals surface area contributed by atoms with Crippen molar-refractivity contribution in [2.75, 3.05) is 7.11 Å². The summed E-state index contributed by atoms with van der Waals surface area (Å²) >= 11 is 6.16. The Bertz CT molecular complexity index is 1950. The van der Waals surface area contributed by atoms with E-state index in [1.54, 1.807) is 72.8 Å². The first-order chi connectivity index (χ1) is 19.5. The van der Waals surface area contributed by atoms with Gasteiger partial charge in [0.15, 0.2) is 17.3 Å². The molecule has 0 N–H and O–H groups in total. The van der Waals surface area contributed by atoms with Gasteiger partial charge in [0.25, 0.3) is 5.56 Å². The molecule has 0 saturated carbocycles. The number of rotatable bonds is 7. The van der Waals surface area contributed by atoms with Gasteiger partial charge in [-0.2, -0.15) is 9.78 Å². The van der Waals surface area contributed by atoms with Gasteiger partial charge in [-0.3, -0.25) is 4.79 Å². The normalized spacial score (nSPS) is 11.5. The first-order valence-corrected chi connectivity index (χ1v) is 12.7. The number of fused-ring (bicyclic) bond motifs is 2. The van der Waals surface area contributed by atoms with E-state index < -0.39 is 0 Å². The third-order valence-electron chi connectivity index (χ3n) is 6.29. The molecule has 6 rings (SSSR count). The molecule has 0 atom stereocenters. The second-order valence-electron chi connectivity index (χ2n) is 8.90. The highest BCUT2D eigenvalue weighted by molar-refractivity contribution is 6.31. The molecule has 0 aliphatic rings. The fourth-order valence-electron chi connectivity index (χ4n) is 4.32. The van der Waals surface area contributed by atoms with Crippen molar-refractivity contribution >= 4 is 39.7 Å². The molecule has 0 fully saturated rings. The van der Waals surface area contributed by atoms with Crippen LogP contribution in [0.5, 0.6) is 11.5 Å². The number of ether oxygens (including phenoxy) is 2. The average Bonchev–Trinajstić information content (AvgIpc) is 3.39. The van der Waals surface area contributed by atoms with Crippen molar-refractivity contribution in [2.24, 2.45) is 5.10 Å². The molecular formula is C31H21ClFN3O4. The van der Waals surface area contributed by atoms with Gasteiger partial charge in [-0.1, -0.05) is 41.9 Å². The maximum Gasteiger partial charge on any atom is 0.282 e. The molecule has 0 saturated heterocycles. The highest BCUT2D eigenvalue weighted by Gasteiger charge is 2.17. The van der Waals surface area contributed by atoms with E-state index in [4.69, 9.17) is 30.5 Å². The lowest BCUT2D eigenvalue weighted by Crippen LogP contribution is -2.20. The molecule has 0 spiro atoms. The van der Waals surface area contributed by atoms with Crippen LogP contribution in [0.1, 0.15) is 11.1 Å². The fourth-order valence-corrected chi connectivity index (χ4v) is 4.50. The summed E-state index contributed by atoms with van der Waals surface area (Å²) in [4.78, 5) is 18.3. The minimum absolute atomic E-state index is 0.172. The van der Waals surface area contributed by atoms with E-state index in [1.807, 2.05) is 6.07 Å². The Labute approximate surface area is 232 Å². The maximum absolute atomic E-state index is 13.6. The van der Waals surface area contributed by atoms with E-state index in [9.17, 15) is 9.18 Å². The summed E-state index contributed by atoms with van der Waals surface area (Å²) in [6.45, 7) is 0.172. The molecule has 6 aromatic rings. The van der Waals surface area contributed by atoms with Gasteiger partial charge in [0.05, 0.1) is 24.2 Å². The number of methoxy groups -OCH3 is 1. The van der Waals surface area contributed by atoms with Crippen LogP contribution in [0.2, 0.25) is 5.02 Å². The van der Waals surface area contributed by atoms with Crippen molar-refractivity contribution in [1.82, 2.24) is 9.66 Å². The summed E-state index contributed by atoms with van der Waals surface area (Å²) in [5.41, 5.74) is 2.08. The lowest BCUT2D eigenvalue weighted by atomic mass is 10.2. The average molecular weight is 554 g/mol. The van der Waals surface area contributed by atoms with E-state index in [0.717, 1.165) is 10.9 Å². The zero-order valence-electron chi connectivity index (χ0n) is 21.2. The van der Waals surface area contributed by atoms with E-state index >= 15 is 0 Å². The SMILES string of the molecule is COc1cccc(C=Nn2c(-c3cc4cc(Cl)ccc4o3)nc3ccccc3c2=O)c1OCc1ccc(F)cc1. The molecule has 2 aromatic heterocycles. The molecule has 9 heteroatoms. The number of furan rings is 1. The first kappa shape index (κ1) is 25.3. The second kappa shape index (κ2) is 10.7. The molecule has 0 amide bonds. The molecule has 7 nitrogen and oxygen atoms in total. The Morgan fingerprint density at radius 1 is 1.02 bits per heavy atom. The molecule has 2 heterocycles. The minimum atomic E-state index is -0.369. The number of nitrogens with zero attached hydrogens (tertiary/aromatic N) is 3. The predicted octanol–water partition coefficient (Wildman–Crippen LogP) is 7.07. The van der Waals surface area contributed by atoms with Gasteiger partial charge < -0.3 is 13.9 Å². The lowest BCUT2D eigenvalue weighted by molar-refractivity contribution is 0.284. The zero-order valence-corrected chi connectivity index (χ0v) is 21.9. The van der Waals surface area contributed by atoms with Crippen molar-refractivity contribution in [3.63, 3.8) is 0 Å². The molecule has 0 aliphatic carbocycles. The number of aromatic nitrogens is 2. The molecule has 4 aromatic carbocycles. The van der Waals surface area contributed by atoms with Crippen LogP contribution < -0.4 is 15.0 Å². The van der Waals surface area contributed by atoms with Crippen molar-refractivity contribution in [3.8, 4) is 23.1 Å². The molecule has 198 valence electrons. The zero-order chi connectivity index (χ0) is 27.6. The van der Waals surface area contributed by atoms with Crippen molar-refractivity contribution in [2.45, 2.75) is 6.61 Å².